The van der Waals surface area contributed by atoms with Gasteiger partial charge in [0.15, 0.2) is 0 Å². The second kappa shape index (κ2) is 6.01. The van der Waals surface area contributed by atoms with Crippen LogP contribution in [0.15, 0.2) is 24.3 Å². The number of nitrogens with two attached hydrogens (primary N) is 1. The lowest BCUT2D eigenvalue weighted by Crippen LogP contribution is -2.09. The SMILES string of the molecule is NC(=S)c1ccc(OCCC2CCCC2)cc1. The third kappa shape index (κ3) is 3.70. The standard InChI is InChI=1S/C14H19NOS/c15-14(17)12-5-7-13(8-6-12)16-10-9-11-3-1-2-4-11/h5-8,11H,1-4,9-10H2,(H2,15,17). The number of hydrogen-bond acceptors (Lipinski definition) is 2. The molecule has 92 valence electrons. The maximum Gasteiger partial charge on any atom is 0.119 e. The van der Waals surface area contributed by atoms with Crippen LogP contribution < -0.4 is 10.5 Å². The summed E-state index contributed by atoms with van der Waals surface area (Å²) in [4.78, 5) is 0.433. The zero-order valence-corrected chi connectivity index (χ0v) is 10.8. The van der Waals surface area contributed by atoms with Gasteiger partial charge in [0.1, 0.15) is 10.7 Å². The average Bonchev–Trinajstić information content (AvgIpc) is 2.83. The molecule has 0 spiro atoms. The molecule has 0 aliphatic heterocycles. The van der Waals surface area contributed by atoms with E-state index in [1.165, 1.54) is 32.1 Å². The first kappa shape index (κ1) is 12.4. The molecule has 1 aliphatic carbocycles. The molecule has 2 N–H and O–H groups in total. The molecular weight excluding hydrogens is 230 g/mol. The van der Waals surface area contributed by atoms with E-state index >= 15 is 0 Å². The summed E-state index contributed by atoms with van der Waals surface area (Å²) >= 11 is 4.90. The minimum atomic E-state index is 0.433. The Kier molecular flexibility index (Phi) is 4.37. The molecule has 0 radical (unpaired) electrons. The Morgan fingerprint density at radius 2 is 1.88 bits per heavy atom. The van der Waals surface area contributed by atoms with Gasteiger partial charge in [0.05, 0.1) is 6.61 Å². The lowest BCUT2D eigenvalue weighted by Gasteiger charge is -2.10. The van der Waals surface area contributed by atoms with Crippen LogP contribution in [0.4, 0.5) is 0 Å². The van der Waals surface area contributed by atoms with Crippen LogP contribution in [-0.4, -0.2) is 11.6 Å². The highest BCUT2D eigenvalue weighted by Gasteiger charge is 2.14. The van der Waals surface area contributed by atoms with E-state index in [1.54, 1.807) is 0 Å². The van der Waals surface area contributed by atoms with Crippen molar-refractivity contribution in [2.45, 2.75) is 32.1 Å². The first-order valence-electron chi connectivity index (χ1n) is 6.28. The van der Waals surface area contributed by atoms with Crippen molar-refractivity contribution >= 4 is 17.2 Å². The summed E-state index contributed by atoms with van der Waals surface area (Å²) in [5, 5.41) is 0. The van der Waals surface area contributed by atoms with Crippen molar-refractivity contribution < 1.29 is 4.74 Å². The van der Waals surface area contributed by atoms with E-state index in [9.17, 15) is 0 Å². The molecule has 2 nitrogen and oxygen atoms in total. The first-order chi connectivity index (χ1) is 8.25. The largest absolute Gasteiger partial charge is 0.494 e. The zero-order chi connectivity index (χ0) is 12.1. The van der Waals surface area contributed by atoms with Crippen LogP contribution in [0.1, 0.15) is 37.7 Å². The van der Waals surface area contributed by atoms with Gasteiger partial charge in [0.25, 0.3) is 0 Å². The highest BCUT2D eigenvalue weighted by Crippen LogP contribution is 2.27. The molecule has 1 aliphatic rings. The number of thiocarbonyl (C=S) groups is 1. The molecule has 17 heavy (non-hydrogen) atoms. The number of ether oxygens (including phenoxy) is 1. The molecule has 0 aromatic heterocycles. The molecule has 1 aromatic carbocycles. The minimum absolute atomic E-state index is 0.433. The fraction of sp³-hybridized carbons (Fsp3) is 0.500. The summed E-state index contributed by atoms with van der Waals surface area (Å²) < 4.78 is 5.72. The first-order valence-corrected chi connectivity index (χ1v) is 6.69. The lowest BCUT2D eigenvalue weighted by atomic mass is 10.1. The summed E-state index contributed by atoms with van der Waals surface area (Å²) in [6.07, 6.45) is 6.73. The third-order valence-corrected chi connectivity index (χ3v) is 3.64. The Morgan fingerprint density at radius 3 is 2.47 bits per heavy atom. The molecule has 0 heterocycles. The van der Waals surface area contributed by atoms with E-state index in [1.807, 2.05) is 24.3 Å². The maximum atomic E-state index is 5.72. The minimum Gasteiger partial charge on any atom is -0.494 e. The monoisotopic (exact) mass is 249 g/mol. The highest BCUT2D eigenvalue weighted by molar-refractivity contribution is 7.80. The maximum absolute atomic E-state index is 5.72. The van der Waals surface area contributed by atoms with Gasteiger partial charge in [0, 0.05) is 5.56 Å². The Morgan fingerprint density at radius 1 is 1.24 bits per heavy atom. The number of hydrogen-bond donors (Lipinski definition) is 1. The third-order valence-electron chi connectivity index (χ3n) is 3.41. The summed E-state index contributed by atoms with van der Waals surface area (Å²) in [6, 6.07) is 7.69. The molecule has 1 saturated carbocycles. The van der Waals surface area contributed by atoms with Crippen molar-refractivity contribution in [2.24, 2.45) is 11.7 Å². The van der Waals surface area contributed by atoms with Crippen molar-refractivity contribution in [1.82, 2.24) is 0 Å². The fourth-order valence-electron chi connectivity index (χ4n) is 2.36. The van der Waals surface area contributed by atoms with E-state index in [0.29, 0.717) is 4.99 Å². The molecule has 0 bridgehead atoms. The quantitative estimate of drug-likeness (QED) is 0.813. The molecule has 3 heteroatoms. The normalized spacial score (nSPS) is 16.0. The van der Waals surface area contributed by atoms with Gasteiger partial charge in [-0.1, -0.05) is 37.9 Å². The van der Waals surface area contributed by atoms with Gasteiger partial charge >= 0.3 is 0 Å². The van der Waals surface area contributed by atoms with Crippen LogP contribution in [0.2, 0.25) is 0 Å². The van der Waals surface area contributed by atoms with E-state index in [2.05, 4.69) is 0 Å². The van der Waals surface area contributed by atoms with Crippen LogP contribution in [0, 0.1) is 5.92 Å². The van der Waals surface area contributed by atoms with E-state index in [4.69, 9.17) is 22.7 Å². The summed E-state index contributed by atoms with van der Waals surface area (Å²) in [7, 11) is 0. The molecule has 0 unspecified atom stereocenters. The van der Waals surface area contributed by atoms with E-state index in [-0.39, 0.29) is 0 Å². The van der Waals surface area contributed by atoms with Gasteiger partial charge in [0.2, 0.25) is 0 Å². The summed E-state index contributed by atoms with van der Waals surface area (Å²) in [5.41, 5.74) is 6.43. The van der Waals surface area contributed by atoms with Crippen molar-refractivity contribution in [3.63, 3.8) is 0 Å². The smallest absolute Gasteiger partial charge is 0.119 e. The second-order valence-corrected chi connectivity index (χ2v) is 5.12. The van der Waals surface area contributed by atoms with Crippen LogP contribution in [0.25, 0.3) is 0 Å². The van der Waals surface area contributed by atoms with Gasteiger partial charge in [-0.25, -0.2) is 0 Å². The Labute approximate surface area is 108 Å². The Bertz CT molecular complexity index is 368. The van der Waals surface area contributed by atoms with Crippen molar-refractivity contribution in [2.75, 3.05) is 6.61 Å². The topological polar surface area (TPSA) is 35.2 Å². The molecule has 1 fully saturated rings. The van der Waals surface area contributed by atoms with Gasteiger partial charge < -0.3 is 10.5 Å². The van der Waals surface area contributed by atoms with Crippen LogP contribution >= 0.6 is 12.2 Å². The van der Waals surface area contributed by atoms with E-state index < -0.39 is 0 Å². The fourth-order valence-corrected chi connectivity index (χ4v) is 2.49. The highest BCUT2D eigenvalue weighted by atomic mass is 32.1. The number of benzene rings is 1. The second-order valence-electron chi connectivity index (χ2n) is 4.68. The average molecular weight is 249 g/mol. The predicted molar refractivity (Wildman–Crippen MR) is 74.4 cm³/mol. The van der Waals surface area contributed by atoms with Crippen molar-refractivity contribution in [1.29, 1.82) is 0 Å². The van der Waals surface area contributed by atoms with Crippen LogP contribution in [-0.2, 0) is 0 Å². The van der Waals surface area contributed by atoms with E-state index in [0.717, 1.165) is 23.8 Å². The van der Waals surface area contributed by atoms with Gasteiger partial charge in [-0.15, -0.1) is 0 Å². The lowest BCUT2D eigenvalue weighted by molar-refractivity contribution is 0.279. The van der Waals surface area contributed by atoms with Crippen LogP contribution in [0.5, 0.6) is 5.75 Å². The molecule has 1 aromatic rings. The molecule has 2 rings (SSSR count). The van der Waals surface area contributed by atoms with Gasteiger partial charge in [-0.05, 0) is 36.6 Å². The van der Waals surface area contributed by atoms with Crippen LogP contribution in [0.3, 0.4) is 0 Å². The van der Waals surface area contributed by atoms with Crippen molar-refractivity contribution in [3.8, 4) is 5.75 Å². The summed E-state index contributed by atoms with van der Waals surface area (Å²) in [6.45, 7) is 0.817. The molecule has 0 amide bonds. The molecule has 0 saturated heterocycles. The van der Waals surface area contributed by atoms with Gasteiger partial charge in [-0.2, -0.15) is 0 Å². The Hall–Kier alpha value is -1.09. The number of rotatable bonds is 5. The molecule has 0 atom stereocenters. The predicted octanol–water partition coefficient (Wildman–Crippen LogP) is 3.28. The Balaban J connectivity index is 1.76. The summed E-state index contributed by atoms with van der Waals surface area (Å²) in [5.74, 6) is 1.79. The van der Waals surface area contributed by atoms with Gasteiger partial charge in [-0.3, -0.25) is 0 Å². The van der Waals surface area contributed by atoms with Crippen molar-refractivity contribution in [3.05, 3.63) is 29.8 Å². The zero-order valence-electron chi connectivity index (χ0n) is 10.0. The molecular formula is C14H19NOS.